The Balaban J connectivity index is 2.09. The molecule has 0 spiro atoms. The minimum Gasteiger partial charge on any atom is -0.395 e. The summed E-state index contributed by atoms with van der Waals surface area (Å²) in [5.74, 6) is 1.57. The minimum atomic E-state index is 0.223. The van der Waals surface area contributed by atoms with Crippen LogP contribution < -0.4 is 10.2 Å². The van der Waals surface area contributed by atoms with E-state index in [0.29, 0.717) is 5.95 Å². The van der Waals surface area contributed by atoms with Crippen molar-refractivity contribution >= 4 is 27.7 Å². The number of β-amino-alcohol motifs (C(OH)–C–C–N with tert-alkyl or cyclic N) is 1. The van der Waals surface area contributed by atoms with Gasteiger partial charge in [0.1, 0.15) is 5.82 Å². The molecule has 0 unspecified atom stereocenters. The van der Waals surface area contributed by atoms with E-state index in [1.807, 2.05) is 7.05 Å². The van der Waals surface area contributed by atoms with Gasteiger partial charge in [-0.3, -0.25) is 4.90 Å². The van der Waals surface area contributed by atoms with Crippen LogP contribution in [0, 0.1) is 0 Å². The molecule has 1 aromatic heterocycles. The van der Waals surface area contributed by atoms with E-state index in [4.69, 9.17) is 5.11 Å². The molecule has 106 valence electrons. The van der Waals surface area contributed by atoms with E-state index >= 15 is 0 Å². The predicted molar refractivity (Wildman–Crippen MR) is 79.6 cm³/mol. The highest BCUT2D eigenvalue weighted by Gasteiger charge is 2.18. The van der Waals surface area contributed by atoms with E-state index in [1.54, 1.807) is 6.20 Å². The van der Waals surface area contributed by atoms with E-state index in [2.05, 4.69) is 41.0 Å². The highest BCUT2D eigenvalue weighted by atomic mass is 79.9. The van der Waals surface area contributed by atoms with Crippen LogP contribution in [-0.2, 0) is 0 Å². The number of rotatable bonds is 4. The number of anilines is 2. The van der Waals surface area contributed by atoms with Crippen molar-refractivity contribution in [1.29, 1.82) is 0 Å². The molecule has 0 aliphatic carbocycles. The van der Waals surface area contributed by atoms with Gasteiger partial charge in [-0.05, 0) is 28.9 Å². The molecular formula is C12H20BrN5O. The average Bonchev–Trinajstić information content (AvgIpc) is 2.65. The van der Waals surface area contributed by atoms with Crippen molar-refractivity contribution in [3.63, 3.8) is 0 Å². The monoisotopic (exact) mass is 329 g/mol. The van der Waals surface area contributed by atoms with Crippen LogP contribution in [0.2, 0.25) is 0 Å². The van der Waals surface area contributed by atoms with Gasteiger partial charge in [-0.15, -0.1) is 0 Å². The van der Waals surface area contributed by atoms with Gasteiger partial charge in [0.05, 0.1) is 11.1 Å². The quantitative estimate of drug-likeness (QED) is 0.851. The van der Waals surface area contributed by atoms with Crippen molar-refractivity contribution in [3.05, 3.63) is 10.7 Å². The van der Waals surface area contributed by atoms with Gasteiger partial charge in [0.15, 0.2) is 0 Å². The number of halogens is 1. The lowest BCUT2D eigenvalue weighted by molar-refractivity contribution is 0.204. The molecule has 1 aliphatic heterocycles. The summed E-state index contributed by atoms with van der Waals surface area (Å²) in [5, 5.41) is 12.0. The average molecular weight is 330 g/mol. The molecule has 2 N–H and O–H groups in total. The number of aliphatic hydroxyl groups is 1. The maximum atomic E-state index is 9.01. The first-order valence-corrected chi connectivity index (χ1v) is 7.32. The highest BCUT2D eigenvalue weighted by molar-refractivity contribution is 9.10. The molecule has 6 nitrogen and oxygen atoms in total. The Morgan fingerprint density at radius 2 is 2.21 bits per heavy atom. The predicted octanol–water partition coefficient (Wildman–Crippen LogP) is 0.785. The Labute approximate surface area is 122 Å². The van der Waals surface area contributed by atoms with Gasteiger partial charge in [0.25, 0.3) is 0 Å². The smallest absolute Gasteiger partial charge is 0.224 e. The van der Waals surface area contributed by atoms with Gasteiger partial charge < -0.3 is 15.3 Å². The summed E-state index contributed by atoms with van der Waals surface area (Å²) in [7, 11) is 1.82. The Morgan fingerprint density at radius 1 is 1.37 bits per heavy atom. The molecular weight excluding hydrogens is 310 g/mol. The molecule has 0 radical (unpaired) electrons. The van der Waals surface area contributed by atoms with Crippen LogP contribution in [0.25, 0.3) is 0 Å². The van der Waals surface area contributed by atoms with Crippen LogP contribution in [-0.4, -0.2) is 66.4 Å². The number of hydrogen-bond donors (Lipinski definition) is 2. The fraction of sp³-hybridized carbons (Fsp3) is 0.667. The number of nitrogens with one attached hydrogen (secondary N) is 1. The molecule has 0 saturated carbocycles. The normalized spacial score (nSPS) is 17.3. The number of nitrogens with zero attached hydrogens (tertiary/aromatic N) is 4. The summed E-state index contributed by atoms with van der Waals surface area (Å²) < 4.78 is 0.919. The Morgan fingerprint density at radius 3 is 2.95 bits per heavy atom. The zero-order valence-corrected chi connectivity index (χ0v) is 12.7. The molecule has 2 rings (SSSR count). The summed E-state index contributed by atoms with van der Waals surface area (Å²) >= 11 is 3.52. The zero-order valence-electron chi connectivity index (χ0n) is 11.1. The van der Waals surface area contributed by atoms with E-state index in [9.17, 15) is 0 Å². The van der Waals surface area contributed by atoms with Gasteiger partial charge in [0, 0.05) is 39.4 Å². The summed E-state index contributed by atoms with van der Waals surface area (Å²) in [6.07, 6.45) is 2.86. The second kappa shape index (κ2) is 7.02. The van der Waals surface area contributed by atoms with Crippen LogP contribution in [0.4, 0.5) is 11.8 Å². The summed E-state index contributed by atoms with van der Waals surface area (Å²) in [6, 6.07) is 0. The first-order valence-electron chi connectivity index (χ1n) is 6.53. The molecule has 0 atom stereocenters. The third-order valence-electron chi connectivity index (χ3n) is 3.25. The van der Waals surface area contributed by atoms with Crippen LogP contribution in [0.1, 0.15) is 6.42 Å². The number of aliphatic hydroxyl groups excluding tert-OH is 1. The number of aromatic nitrogens is 2. The summed E-state index contributed by atoms with van der Waals surface area (Å²) in [6.45, 7) is 4.84. The van der Waals surface area contributed by atoms with Crippen molar-refractivity contribution in [2.75, 3.05) is 56.6 Å². The first-order chi connectivity index (χ1) is 9.24. The van der Waals surface area contributed by atoms with Gasteiger partial charge >= 0.3 is 0 Å². The second-order valence-corrected chi connectivity index (χ2v) is 5.38. The Hall–Kier alpha value is -0.920. The van der Waals surface area contributed by atoms with E-state index < -0.39 is 0 Å². The third kappa shape index (κ3) is 3.77. The van der Waals surface area contributed by atoms with Crippen molar-refractivity contribution in [2.45, 2.75) is 6.42 Å². The standard InChI is InChI=1S/C12H20BrN5O/c1-14-12-15-9-10(13)11(16-12)18-4-2-3-17(5-6-18)7-8-19/h9,19H,2-8H2,1H3,(H,14,15,16). The number of hydrogen-bond acceptors (Lipinski definition) is 6. The lowest BCUT2D eigenvalue weighted by Gasteiger charge is -2.23. The van der Waals surface area contributed by atoms with Gasteiger partial charge in [0.2, 0.25) is 5.95 Å². The molecule has 2 heterocycles. The van der Waals surface area contributed by atoms with E-state index in [-0.39, 0.29) is 6.61 Å². The molecule has 0 amide bonds. The first kappa shape index (κ1) is 14.5. The maximum Gasteiger partial charge on any atom is 0.224 e. The van der Waals surface area contributed by atoms with Gasteiger partial charge in [-0.1, -0.05) is 0 Å². The molecule has 7 heteroatoms. The highest BCUT2D eigenvalue weighted by Crippen LogP contribution is 2.25. The molecule has 0 bridgehead atoms. The fourth-order valence-corrected chi connectivity index (χ4v) is 2.69. The summed E-state index contributed by atoms with van der Waals surface area (Å²) in [4.78, 5) is 13.3. The molecule has 1 fully saturated rings. The SMILES string of the molecule is CNc1ncc(Br)c(N2CCCN(CCO)CC2)n1. The van der Waals surface area contributed by atoms with Gasteiger partial charge in [-0.2, -0.15) is 4.98 Å². The van der Waals surface area contributed by atoms with Crippen molar-refractivity contribution in [3.8, 4) is 0 Å². The molecule has 1 aromatic rings. The van der Waals surface area contributed by atoms with E-state index in [1.165, 1.54) is 0 Å². The van der Waals surface area contributed by atoms with Crippen molar-refractivity contribution in [1.82, 2.24) is 14.9 Å². The van der Waals surface area contributed by atoms with Crippen molar-refractivity contribution < 1.29 is 5.11 Å². The molecule has 1 aliphatic rings. The van der Waals surface area contributed by atoms with E-state index in [0.717, 1.165) is 49.4 Å². The summed E-state index contributed by atoms with van der Waals surface area (Å²) in [5.41, 5.74) is 0. The Kier molecular flexibility index (Phi) is 5.35. The topological polar surface area (TPSA) is 64.5 Å². The van der Waals surface area contributed by atoms with Crippen LogP contribution >= 0.6 is 15.9 Å². The zero-order chi connectivity index (χ0) is 13.7. The maximum absolute atomic E-state index is 9.01. The lowest BCUT2D eigenvalue weighted by atomic mass is 10.3. The van der Waals surface area contributed by atoms with Crippen LogP contribution in [0.5, 0.6) is 0 Å². The minimum absolute atomic E-state index is 0.223. The largest absolute Gasteiger partial charge is 0.395 e. The second-order valence-electron chi connectivity index (χ2n) is 4.52. The Bertz CT molecular complexity index is 417. The van der Waals surface area contributed by atoms with Crippen LogP contribution in [0.3, 0.4) is 0 Å². The van der Waals surface area contributed by atoms with Crippen molar-refractivity contribution in [2.24, 2.45) is 0 Å². The van der Waals surface area contributed by atoms with Crippen LogP contribution in [0.15, 0.2) is 10.7 Å². The lowest BCUT2D eigenvalue weighted by Crippen LogP contribution is -2.33. The fourth-order valence-electron chi connectivity index (χ4n) is 2.25. The van der Waals surface area contributed by atoms with Gasteiger partial charge in [-0.25, -0.2) is 4.98 Å². The third-order valence-corrected chi connectivity index (χ3v) is 3.81. The molecule has 1 saturated heterocycles. The molecule has 19 heavy (non-hydrogen) atoms. The molecule has 0 aromatic carbocycles.